The van der Waals surface area contributed by atoms with Crippen LogP contribution in [-0.2, 0) is 39.4 Å². The predicted octanol–water partition coefficient (Wildman–Crippen LogP) is 12.1. The SMILES string of the molecule is COC(=O)c1ccc([C@H](C)NC(=O)c2n[nH]c3cccc(Cc4ccc(C(F)(F)F)cc4)c23)cc1.COC(=O)c1ccc([C@H](C)NC(=O)c2nn(C3CCCCO3)c3cccc(Cc4ccc(C(F)(F)F)cc4)c23)cc1. The van der Waals surface area contributed by atoms with Crippen LogP contribution in [0.5, 0.6) is 0 Å². The molecule has 2 aromatic heterocycles. The molecule has 0 radical (unpaired) electrons. The molecule has 1 aliphatic heterocycles. The number of carbonyl (C=O) groups excluding carboxylic acids is 4. The molecule has 76 heavy (non-hydrogen) atoms. The van der Waals surface area contributed by atoms with Gasteiger partial charge in [0.2, 0.25) is 0 Å². The van der Waals surface area contributed by atoms with Crippen molar-refractivity contribution in [3.05, 3.63) is 200 Å². The lowest BCUT2D eigenvalue weighted by atomic mass is 9.98. The molecule has 2 amide bonds. The van der Waals surface area contributed by atoms with Gasteiger partial charge in [-0.15, -0.1) is 0 Å². The summed E-state index contributed by atoms with van der Waals surface area (Å²) in [4.78, 5) is 50.2. The van der Waals surface area contributed by atoms with Gasteiger partial charge in [0.05, 0.1) is 59.6 Å². The van der Waals surface area contributed by atoms with Crippen molar-refractivity contribution in [1.29, 1.82) is 0 Å². The van der Waals surface area contributed by atoms with E-state index in [0.717, 1.165) is 71.3 Å². The predicted molar refractivity (Wildman–Crippen MR) is 270 cm³/mol. The first kappa shape index (κ1) is 54.0. The number of halogens is 6. The first-order valence-electron chi connectivity index (χ1n) is 24.2. The van der Waals surface area contributed by atoms with Crippen LogP contribution in [0.25, 0.3) is 21.8 Å². The number of methoxy groups -OCH3 is 2. The monoisotopic (exact) mass is 1050 g/mol. The summed E-state index contributed by atoms with van der Waals surface area (Å²) >= 11 is 0. The number of esters is 2. The summed E-state index contributed by atoms with van der Waals surface area (Å²) in [7, 11) is 2.62. The quantitative estimate of drug-likeness (QED) is 0.0752. The van der Waals surface area contributed by atoms with Crippen LogP contribution in [0.2, 0.25) is 0 Å². The van der Waals surface area contributed by atoms with Crippen LogP contribution >= 0.6 is 0 Å². The Kier molecular flexibility index (Phi) is 16.4. The zero-order chi connectivity index (χ0) is 54.3. The fraction of sp³-hybridized carbons (Fsp3) is 0.263. The van der Waals surface area contributed by atoms with E-state index in [2.05, 4.69) is 20.8 Å². The molecule has 1 fully saturated rings. The topological polar surface area (TPSA) is 167 Å². The normalized spacial score (nSPS) is 14.5. The fourth-order valence-electron chi connectivity index (χ4n) is 8.97. The van der Waals surface area contributed by atoms with Gasteiger partial charge in [-0.2, -0.15) is 36.5 Å². The average Bonchev–Trinajstić information content (AvgIpc) is 4.06. The molecule has 3 heterocycles. The van der Waals surface area contributed by atoms with Gasteiger partial charge >= 0.3 is 24.3 Å². The standard InChI is InChI=1S/C31H30F3N3O4.C26H22F3N3O3/c1-19(21-11-13-22(14-12-21)30(39)40-2)35-29(38)28-27-23(18-20-9-15-24(16-10-20)31(32,33)34)6-5-7-25(27)37(36-28)26-8-3-4-17-41-26;1-15(17-8-10-18(11-9-17)25(34)35-2)30-24(33)23-22-19(4-3-5-21(22)31-32-23)14-16-6-12-20(13-7-16)26(27,28)29/h5-7,9-16,19,26H,3-4,8,17-18H2,1-2H3,(H,35,38);3-13,15H,14H2,1-2H3,(H,30,33)(H,31,32)/t19-,26?;15-/m00/s1. The minimum Gasteiger partial charge on any atom is -0.465 e. The number of hydrogen-bond donors (Lipinski definition) is 3. The molecule has 19 heteroatoms. The number of benzene rings is 6. The van der Waals surface area contributed by atoms with Crippen molar-refractivity contribution in [3.8, 4) is 0 Å². The lowest BCUT2D eigenvalue weighted by Crippen LogP contribution is -2.28. The Morgan fingerprint density at radius 2 is 1.11 bits per heavy atom. The maximum Gasteiger partial charge on any atom is 0.416 e. The number of aromatic amines is 1. The summed E-state index contributed by atoms with van der Waals surface area (Å²) in [5, 5.41) is 18.9. The molecular formula is C57H52F6N6O7. The van der Waals surface area contributed by atoms with Crippen LogP contribution in [0.15, 0.2) is 133 Å². The number of nitrogens with zero attached hydrogens (tertiary/aromatic N) is 3. The second-order valence-electron chi connectivity index (χ2n) is 18.2. The number of ether oxygens (including phenoxy) is 3. The van der Waals surface area contributed by atoms with Gasteiger partial charge in [0, 0.05) is 17.4 Å². The summed E-state index contributed by atoms with van der Waals surface area (Å²) in [6, 6.07) is 33.7. The van der Waals surface area contributed by atoms with E-state index in [1.54, 1.807) is 65.3 Å². The summed E-state index contributed by atoms with van der Waals surface area (Å²) in [6.45, 7) is 4.23. The third-order valence-corrected chi connectivity index (χ3v) is 13.1. The van der Waals surface area contributed by atoms with Gasteiger partial charge in [0.25, 0.3) is 11.8 Å². The van der Waals surface area contributed by atoms with Gasteiger partial charge < -0.3 is 24.8 Å². The van der Waals surface area contributed by atoms with Crippen LogP contribution < -0.4 is 10.6 Å². The van der Waals surface area contributed by atoms with Crippen molar-refractivity contribution in [1.82, 2.24) is 30.6 Å². The Bertz CT molecular complexity index is 3350. The fourth-order valence-corrected chi connectivity index (χ4v) is 8.97. The van der Waals surface area contributed by atoms with Gasteiger partial charge in [-0.05, 0) is 140 Å². The number of hydrogen-bond acceptors (Lipinski definition) is 9. The average molecular weight is 1050 g/mol. The van der Waals surface area contributed by atoms with Crippen molar-refractivity contribution >= 4 is 45.6 Å². The van der Waals surface area contributed by atoms with E-state index in [1.807, 2.05) is 38.1 Å². The smallest absolute Gasteiger partial charge is 0.416 e. The molecule has 8 aromatic rings. The van der Waals surface area contributed by atoms with E-state index in [9.17, 15) is 45.5 Å². The third kappa shape index (κ3) is 12.4. The second kappa shape index (κ2) is 23.1. The Morgan fingerprint density at radius 1 is 0.632 bits per heavy atom. The molecule has 0 aliphatic carbocycles. The highest BCUT2D eigenvalue weighted by atomic mass is 19.4. The van der Waals surface area contributed by atoms with Crippen molar-refractivity contribution in [3.63, 3.8) is 0 Å². The molecular weight excluding hydrogens is 995 g/mol. The maximum atomic E-state index is 13.7. The number of carbonyl (C=O) groups is 4. The Labute approximate surface area is 432 Å². The van der Waals surface area contributed by atoms with E-state index in [1.165, 1.54) is 38.5 Å². The number of fused-ring (bicyclic) bond motifs is 2. The van der Waals surface area contributed by atoms with Gasteiger partial charge in [0.15, 0.2) is 17.6 Å². The first-order valence-corrected chi connectivity index (χ1v) is 24.2. The van der Waals surface area contributed by atoms with Gasteiger partial charge in [-0.3, -0.25) is 14.7 Å². The Hall–Kier alpha value is -8.32. The summed E-state index contributed by atoms with van der Waals surface area (Å²) in [5.41, 5.74) is 5.63. The van der Waals surface area contributed by atoms with Crippen LogP contribution in [0.4, 0.5) is 26.3 Å². The van der Waals surface area contributed by atoms with Crippen LogP contribution in [0, 0.1) is 0 Å². The number of amides is 2. The maximum absolute atomic E-state index is 13.7. The molecule has 9 rings (SSSR count). The number of H-pyrrole nitrogens is 1. The molecule has 1 aliphatic rings. The molecule has 6 aromatic carbocycles. The molecule has 13 nitrogen and oxygen atoms in total. The lowest BCUT2D eigenvalue weighted by Gasteiger charge is -2.23. The van der Waals surface area contributed by atoms with Crippen molar-refractivity contribution in [2.45, 2.75) is 76.6 Å². The number of nitrogens with one attached hydrogen (secondary N) is 3. The van der Waals surface area contributed by atoms with E-state index < -0.39 is 53.3 Å². The van der Waals surface area contributed by atoms with Crippen molar-refractivity contribution < 1.29 is 59.7 Å². The van der Waals surface area contributed by atoms with Crippen LogP contribution in [-0.4, -0.2) is 64.6 Å². The molecule has 3 atom stereocenters. The summed E-state index contributed by atoms with van der Waals surface area (Å²) in [6.07, 6.45) is -5.81. The van der Waals surface area contributed by atoms with Gasteiger partial charge in [-0.25, -0.2) is 14.3 Å². The first-order chi connectivity index (χ1) is 36.3. The third-order valence-electron chi connectivity index (χ3n) is 13.1. The number of rotatable bonds is 13. The van der Waals surface area contributed by atoms with Crippen LogP contribution in [0.1, 0.15) is 138 Å². The molecule has 0 bridgehead atoms. The van der Waals surface area contributed by atoms with E-state index in [0.29, 0.717) is 58.0 Å². The molecule has 1 unspecified atom stereocenters. The van der Waals surface area contributed by atoms with E-state index >= 15 is 0 Å². The second-order valence-corrected chi connectivity index (χ2v) is 18.2. The minimum absolute atomic E-state index is 0.195. The molecule has 394 valence electrons. The van der Waals surface area contributed by atoms with Gasteiger partial charge in [-0.1, -0.05) is 72.8 Å². The number of aromatic nitrogens is 4. The zero-order valence-electron chi connectivity index (χ0n) is 41.6. The zero-order valence-corrected chi connectivity index (χ0v) is 41.6. The van der Waals surface area contributed by atoms with Crippen molar-refractivity contribution in [2.24, 2.45) is 0 Å². The Balaban J connectivity index is 0.000000204. The highest BCUT2D eigenvalue weighted by Gasteiger charge is 2.32. The summed E-state index contributed by atoms with van der Waals surface area (Å²) < 4.78 is 95.1. The van der Waals surface area contributed by atoms with E-state index in [-0.39, 0.29) is 23.7 Å². The molecule has 0 saturated carbocycles. The molecule has 3 N–H and O–H groups in total. The largest absolute Gasteiger partial charge is 0.465 e. The highest BCUT2D eigenvalue weighted by molar-refractivity contribution is 6.07. The Morgan fingerprint density at radius 3 is 1.57 bits per heavy atom. The van der Waals surface area contributed by atoms with Gasteiger partial charge in [0.1, 0.15) is 0 Å². The van der Waals surface area contributed by atoms with E-state index in [4.69, 9.17) is 19.3 Å². The lowest BCUT2D eigenvalue weighted by molar-refractivity contribution is -0.138. The summed E-state index contributed by atoms with van der Waals surface area (Å²) in [5.74, 6) is -1.69. The minimum atomic E-state index is -4.42. The highest BCUT2D eigenvalue weighted by Crippen LogP contribution is 2.34. The molecule has 1 saturated heterocycles. The van der Waals surface area contributed by atoms with Crippen LogP contribution in [0.3, 0.4) is 0 Å². The molecule has 0 spiro atoms. The number of alkyl halides is 6. The van der Waals surface area contributed by atoms with Crippen molar-refractivity contribution in [2.75, 3.05) is 20.8 Å².